The van der Waals surface area contributed by atoms with Crippen LogP contribution in [0, 0.1) is 5.82 Å². The van der Waals surface area contributed by atoms with Crippen molar-refractivity contribution in [2.45, 2.75) is 6.04 Å². The molecule has 1 amide bonds. The summed E-state index contributed by atoms with van der Waals surface area (Å²) in [5.41, 5.74) is 0.831. The van der Waals surface area contributed by atoms with E-state index in [2.05, 4.69) is 15.7 Å². The molecule has 8 heteroatoms. The predicted octanol–water partition coefficient (Wildman–Crippen LogP) is 3.26. The third-order valence-corrected chi connectivity index (χ3v) is 4.37. The molecular weight excluding hydrogens is 363 g/mol. The first-order valence-electron chi connectivity index (χ1n) is 8.45. The highest BCUT2D eigenvalue weighted by Gasteiger charge is 2.30. The number of fused-ring (bicyclic) bond motifs is 1. The van der Waals surface area contributed by atoms with Crippen molar-refractivity contribution in [3.8, 4) is 0 Å². The zero-order valence-electron chi connectivity index (χ0n) is 14.5. The number of benzene rings is 2. The number of nitrogens with zero attached hydrogens (tertiary/aromatic N) is 2. The van der Waals surface area contributed by atoms with Crippen molar-refractivity contribution < 1.29 is 19.1 Å². The zero-order valence-corrected chi connectivity index (χ0v) is 14.5. The Hall–Kier alpha value is -3.94. The van der Waals surface area contributed by atoms with E-state index < -0.39 is 23.7 Å². The van der Waals surface area contributed by atoms with Crippen LogP contribution in [0.1, 0.15) is 22.0 Å². The highest BCUT2D eigenvalue weighted by molar-refractivity contribution is 6.08. The van der Waals surface area contributed by atoms with Crippen LogP contribution >= 0.6 is 0 Å². The molecule has 2 heterocycles. The monoisotopic (exact) mass is 378 g/mol. The second-order valence-electron chi connectivity index (χ2n) is 6.15. The van der Waals surface area contributed by atoms with Gasteiger partial charge >= 0.3 is 5.97 Å². The maximum atomic E-state index is 14.3. The molecule has 0 fully saturated rings. The molecule has 0 saturated carbocycles. The number of aliphatic carboxylic acids is 1. The fourth-order valence-electron chi connectivity index (χ4n) is 3.04. The number of allylic oxidation sites excluding steroid dienone is 1. The Kier molecular flexibility index (Phi) is 4.36. The van der Waals surface area contributed by atoms with Gasteiger partial charge in [-0.1, -0.05) is 36.4 Å². The number of hydrogen-bond acceptors (Lipinski definition) is 4. The van der Waals surface area contributed by atoms with Crippen LogP contribution in [0.25, 0.3) is 0 Å². The molecule has 3 N–H and O–H groups in total. The summed E-state index contributed by atoms with van der Waals surface area (Å²) in [5, 5.41) is 19.1. The highest BCUT2D eigenvalue weighted by atomic mass is 19.1. The Balaban J connectivity index is 1.75. The number of carbonyl (C=O) groups excluding carboxylic acids is 1. The van der Waals surface area contributed by atoms with E-state index >= 15 is 0 Å². The van der Waals surface area contributed by atoms with Gasteiger partial charge in [0.25, 0.3) is 5.91 Å². The van der Waals surface area contributed by atoms with Crippen LogP contribution in [0.4, 0.5) is 15.9 Å². The molecule has 140 valence electrons. The van der Waals surface area contributed by atoms with Gasteiger partial charge in [0.15, 0.2) is 0 Å². The zero-order chi connectivity index (χ0) is 19.7. The van der Waals surface area contributed by atoms with Gasteiger partial charge < -0.3 is 15.7 Å². The Bertz CT molecular complexity index is 1090. The lowest BCUT2D eigenvalue weighted by Gasteiger charge is -2.24. The van der Waals surface area contributed by atoms with E-state index in [1.807, 2.05) is 6.07 Å². The van der Waals surface area contributed by atoms with Gasteiger partial charge in [-0.3, -0.25) is 4.79 Å². The van der Waals surface area contributed by atoms with Crippen molar-refractivity contribution >= 4 is 23.4 Å². The van der Waals surface area contributed by atoms with Crippen LogP contribution in [0.5, 0.6) is 0 Å². The number of carboxylic acid groups (broad SMARTS) is 1. The van der Waals surface area contributed by atoms with Gasteiger partial charge in [0.2, 0.25) is 0 Å². The van der Waals surface area contributed by atoms with E-state index in [0.29, 0.717) is 5.69 Å². The summed E-state index contributed by atoms with van der Waals surface area (Å²) in [6.45, 7) is 0. The minimum Gasteiger partial charge on any atom is -0.477 e. The fraction of sp³-hybridized carbons (Fsp3) is 0.0500. The van der Waals surface area contributed by atoms with E-state index in [0.717, 1.165) is 0 Å². The summed E-state index contributed by atoms with van der Waals surface area (Å²) in [4.78, 5) is 24.3. The van der Waals surface area contributed by atoms with Gasteiger partial charge in [0, 0.05) is 11.3 Å². The summed E-state index contributed by atoms with van der Waals surface area (Å²) < 4.78 is 15.7. The molecule has 0 aliphatic carbocycles. The van der Waals surface area contributed by atoms with Crippen LogP contribution in [0.15, 0.2) is 72.6 Å². The third-order valence-electron chi connectivity index (χ3n) is 4.37. The Morgan fingerprint density at radius 3 is 2.54 bits per heavy atom. The standard InChI is InChI=1S/C20H15FN4O3/c21-15-9-5-4-8-13(15)17-10-16(20(27)28)24-18-14(11-22-25(17)18)19(26)23-12-6-2-1-3-7-12/h1-11,17,24H,(H,23,26)(H,27,28). The number of anilines is 2. The van der Waals surface area contributed by atoms with Gasteiger partial charge in [-0.2, -0.15) is 5.10 Å². The van der Waals surface area contributed by atoms with E-state index in [-0.39, 0.29) is 22.6 Å². The number of carbonyl (C=O) groups is 2. The van der Waals surface area contributed by atoms with Crippen molar-refractivity contribution in [3.05, 3.63) is 89.5 Å². The normalized spacial score (nSPS) is 15.2. The van der Waals surface area contributed by atoms with Crippen molar-refractivity contribution in [1.29, 1.82) is 0 Å². The summed E-state index contributed by atoms with van der Waals surface area (Å²) in [6, 6.07) is 14.1. The van der Waals surface area contributed by atoms with Crippen LogP contribution in [-0.2, 0) is 4.79 Å². The molecule has 1 aromatic heterocycles. The number of halogens is 1. The average molecular weight is 378 g/mol. The van der Waals surface area contributed by atoms with Crippen LogP contribution in [-0.4, -0.2) is 26.8 Å². The topological polar surface area (TPSA) is 96.2 Å². The molecule has 4 rings (SSSR count). The van der Waals surface area contributed by atoms with Gasteiger partial charge in [-0.05, 0) is 24.3 Å². The van der Waals surface area contributed by atoms with E-state index in [9.17, 15) is 19.1 Å². The predicted molar refractivity (Wildman–Crippen MR) is 101 cm³/mol. The molecule has 1 aliphatic heterocycles. The maximum absolute atomic E-state index is 14.3. The van der Waals surface area contributed by atoms with Crippen molar-refractivity contribution in [3.63, 3.8) is 0 Å². The Morgan fingerprint density at radius 2 is 1.82 bits per heavy atom. The lowest BCUT2D eigenvalue weighted by atomic mass is 10.0. The van der Waals surface area contributed by atoms with E-state index in [1.54, 1.807) is 42.5 Å². The molecular formula is C20H15FN4O3. The van der Waals surface area contributed by atoms with Gasteiger partial charge in [-0.15, -0.1) is 0 Å². The first-order chi connectivity index (χ1) is 13.5. The Morgan fingerprint density at radius 1 is 1.11 bits per heavy atom. The number of hydrogen-bond donors (Lipinski definition) is 3. The molecule has 1 atom stereocenters. The summed E-state index contributed by atoms with van der Waals surface area (Å²) in [5.74, 6) is -1.99. The maximum Gasteiger partial charge on any atom is 0.352 e. The van der Waals surface area contributed by atoms with Crippen LogP contribution < -0.4 is 10.6 Å². The number of amides is 1. The van der Waals surface area contributed by atoms with Crippen molar-refractivity contribution in [2.75, 3.05) is 10.6 Å². The van der Waals surface area contributed by atoms with Gasteiger partial charge in [-0.25, -0.2) is 13.9 Å². The lowest BCUT2D eigenvalue weighted by Crippen LogP contribution is -2.26. The number of aromatic nitrogens is 2. The molecule has 7 nitrogen and oxygen atoms in total. The third kappa shape index (κ3) is 3.11. The molecule has 1 unspecified atom stereocenters. The largest absolute Gasteiger partial charge is 0.477 e. The minimum atomic E-state index is -1.22. The van der Waals surface area contributed by atoms with Gasteiger partial charge in [0.05, 0.1) is 6.20 Å². The summed E-state index contributed by atoms with van der Waals surface area (Å²) >= 11 is 0. The minimum absolute atomic E-state index is 0.150. The molecule has 0 saturated heterocycles. The van der Waals surface area contributed by atoms with Crippen LogP contribution in [0.3, 0.4) is 0 Å². The smallest absolute Gasteiger partial charge is 0.352 e. The molecule has 0 radical (unpaired) electrons. The van der Waals surface area contributed by atoms with Crippen molar-refractivity contribution in [1.82, 2.24) is 9.78 Å². The summed E-state index contributed by atoms with van der Waals surface area (Å²) in [6.07, 6.45) is 2.69. The quantitative estimate of drug-likeness (QED) is 0.648. The number of rotatable bonds is 4. The average Bonchev–Trinajstić information content (AvgIpc) is 3.13. The second kappa shape index (κ2) is 6.99. The molecule has 0 spiro atoms. The first kappa shape index (κ1) is 17.5. The molecule has 3 aromatic rings. The highest BCUT2D eigenvalue weighted by Crippen LogP contribution is 2.33. The first-order valence-corrected chi connectivity index (χ1v) is 8.45. The molecule has 0 bridgehead atoms. The van der Waals surface area contributed by atoms with Crippen molar-refractivity contribution in [2.24, 2.45) is 0 Å². The summed E-state index contributed by atoms with van der Waals surface area (Å²) in [7, 11) is 0. The number of para-hydroxylation sites is 1. The molecule has 1 aliphatic rings. The second-order valence-corrected chi connectivity index (χ2v) is 6.15. The SMILES string of the molecule is O=C(O)C1=CC(c2ccccc2F)n2ncc(C(=O)Nc3ccccc3)c2N1. The van der Waals surface area contributed by atoms with E-state index in [4.69, 9.17) is 0 Å². The van der Waals surface area contributed by atoms with E-state index in [1.165, 1.54) is 23.0 Å². The van der Waals surface area contributed by atoms with Gasteiger partial charge in [0.1, 0.15) is 28.9 Å². The number of carboxylic acids is 1. The fourth-order valence-corrected chi connectivity index (χ4v) is 3.04. The Labute approximate surface area is 159 Å². The molecule has 2 aromatic carbocycles. The number of nitrogens with one attached hydrogen (secondary N) is 2. The molecule has 28 heavy (non-hydrogen) atoms. The lowest BCUT2D eigenvalue weighted by molar-refractivity contribution is -0.132. The van der Waals surface area contributed by atoms with Crippen LogP contribution in [0.2, 0.25) is 0 Å².